The Bertz CT molecular complexity index is 701. The molecule has 0 radical (unpaired) electrons. The second kappa shape index (κ2) is 10.7. The number of morpholine rings is 1. The number of carbonyl (C=O) groups is 2. The Labute approximate surface area is 177 Å². The van der Waals surface area contributed by atoms with Gasteiger partial charge in [-0.2, -0.15) is 0 Å². The summed E-state index contributed by atoms with van der Waals surface area (Å²) < 4.78 is 18.8. The summed E-state index contributed by atoms with van der Waals surface area (Å²) in [6.07, 6.45) is 5.88. The summed E-state index contributed by atoms with van der Waals surface area (Å²) in [4.78, 5) is 28.3. The number of anilines is 1. The molecule has 2 aliphatic rings. The Kier molecular flexibility index (Phi) is 8.04. The van der Waals surface area contributed by atoms with Crippen LogP contribution in [0.1, 0.15) is 38.5 Å². The van der Waals surface area contributed by atoms with Gasteiger partial charge in [-0.05, 0) is 37.1 Å². The highest BCUT2D eigenvalue weighted by atomic mass is 19.1. The molecule has 0 aromatic heterocycles. The lowest BCUT2D eigenvalue weighted by Gasteiger charge is -2.48. The summed E-state index contributed by atoms with van der Waals surface area (Å²) in [5.41, 5.74) is 5.97. The highest BCUT2D eigenvalue weighted by molar-refractivity contribution is 5.82. The van der Waals surface area contributed by atoms with Gasteiger partial charge in [0.2, 0.25) is 11.8 Å². The Hall–Kier alpha value is -2.19. The Morgan fingerprint density at radius 3 is 2.43 bits per heavy atom. The smallest absolute Gasteiger partial charge is 0.239 e. The number of nitrogens with two attached hydrogens (primary N) is 1. The van der Waals surface area contributed by atoms with Crippen LogP contribution in [0.3, 0.4) is 0 Å². The van der Waals surface area contributed by atoms with E-state index in [0.29, 0.717) is 18.8 Å². The lowest BCUT2D eigenvalue weighted by molar-refractivity contribution is -0.121. The lowest BCUT2D eigenvalue weighted by Crippen LogP contribution is -2.60. The fourth-order valence-electron chi connectivity index (χ4n) is 4.54. The van der Waals surface area contributed by atoms with Crippen molar-refractivity contribution in [2.45, 2.75) is 44.1 Å². The summed E-state index contributed by atoms with van der Waals surface area (Å²) in [7, 11) is 0. The van der Waals surface area contributed by atoms with E-state index < -0.39 is 5.91 Å². The van der Waals surface area contributed by atoms with Crippen LogP contribution in [0.25, 0.3) is 0 Å². The minimum atomic E-state index is -0.434. The number of ether oxygens (including phenoxy) is 1. The average Bonchev–Trinajstić information content (AvgIpc) is 2.77. The van der Waals surface area contributed by atoms with Crippen LogP contribution in [0.2, 0.25) is 0 Å². The quantitative estimate of drug-likeness (QED) is 0.634. The second-order valence-electron chi connectivity index (χ2n) is 8.28. The molecule has 166 valence electrons. The third kappa shape index (κ3) is 6.15. The molecular formula is C22H33FN4O3. The molecule has 0 spiro atoms. The van der Waals surface area contributed by atoms with Crippen LogP contribution in [0, 0.1) is 5.82 Å². The molecule has 1 saturated carbocycles. The van der Waals surface area contributed by atoms with E-state index in [1.807, 2.05) is 0 Å². The molecule has 3 N–H and O–H groups in total. The molecule has 1 aromatic rings. The van der Waals surface area contributed by atoms with Crippen LogP contribution in [0.15, 0.2) is 24.3 Å². The molecule has 0 bridgehead atoms. The molecule has 1 saturated heterocycles. The Morgan fingerprint density at radius 2 is 1.80 bits per heavy atom. The number of hydrogen-bond donors (Lipinski definition) is 2. The average molecular weight is 421 g/mol. The number of hydrogen-bond acceptors (Lipinski definition) is 5. The zero-order chi connectivity index (χ0) is 21.4. The third-order valence-corrected chi connectivity index (χ3v) is 6.24. The van der Waals surface area contributed by atoms with Crippen LogP contribution in [0.4, 0.5) is 10.1 Å². The highest BCUT2D eigenvalue weighted by Crippen LogP contribution is 2.33. The molecule has 1 aliphatic carbocycles. The van der Waals surface area contributed by atoms with Crippen molar-refractivity contribution >= 4 is 17.5 Å². The molecule has 1 heterocycles. The minimum Gasteiger partial charge on any atom is -0.379 e. The summed E-state index contributed by atoms with van der Waals surface area (Å²) in [6, 6.07) is 5.92. The monoisotopic (exact) mass is 420 g/mol. The molecule has 8 heteroatoms. The summed E-state index contributed by atoms with van der Waals surface area (Å²) in [5.74, 6) is -0.888. The first-order chi connectivity index (χ1) is 14.5. The fourth-order valence-corrected chi connectivity index (χ4v) is 4.54. The van der Waals surface area contributed by atoms with Crippen molar-refractivity contribution in [3.63, 3.8) is 0 Å². The maximum atomic E-state index is 13.3. The number of amides is 2. The van der Waals surface area contributed by atoms with E-state index in [1.54, 1.807) is 17.0 Å². The van der Waals surface area contributed by atoms with E-state index >= 15 is 0 Å². The van der Waals surface area contributed by atoms with Gasteiger partial charge in [-0.15, -0.1) is 0 Å². The van der Waals surface area contributed by atoms with Gasteiger partial charge in [0.1, 0.15) is 5.82 Å². The molecule has 1 aromatic carbocycles. The van der Waals surface area contributed by atoms with Crippen molar-refractivity contribution < 1.29 is 18.7 Å². The van der Waals surface area contributed by atoms with Gasteiger partial charge in [-0.3, -0.25) is 14.5 Å². The first kappa shape index (κ1) is 22.5. The van der Waals surface area contributed by atoms with Gasteiger partial charge in [-0.25, -0.2) is 4.39 Å². The molecule has 30 heavy (non-hydrogen) atoms. The van der Waals surface area contributed by atoms with E-state index in [1.165, 1.54) is 31.4 Å². The zero-order valence-electron chi connectivity index (χ0n) is 17.6. The van der Waals surface area contributed by atoms with E-state index in [-0.39, 0.29) is 30.2 Å². The Morgan fingerprint density at radius 1 is 1.13 bits per heavy atom. The molecule has 0 unspecified atom stereocenters. The van der Waals surface area contributed by atoms with Gasteiger partial charge < -0.3 is 20.7 Å². The zero-order valence-corrected chi connectivity index (χ0v) is 17.6. The second-order valence-corrected chi connectivity index (χ2v) is 8.28. The molecule has 1 aliphatic heterocycles. The maximum Gasteiger partial charge on any atom is 0.239 e. The minimum absolute atomic E-state index is 0.00831. The number of rotatable bonds is 9. The predicted molar refractivity (Wildman–Crippen MR) is 114 cm³/mol. The van der Waals surface area contributed by atoms with Crippen LogP contribution in [0.5, 0.6) is 0 Å². The highest BCUT2D eigenvalue weighted by Gasteiger charge is 2.38. The van der Waals surface area contributed by atoms with Crippen molar-refractivity contribution in [2.75, 3.05) is 50.8 Å². The summed E-state index contributed by atoms with van der Waals surface area (Å²) in [5, 5.41) is 3.14. The predicted octanol–water partition coefficient (Wildman–Crippen LogP) is 1.66. The maximum absolute atomic E-state index is 13.3. The van der Waals surface area contributed by atoms with Gasteiger partial charge in [-0.1, -0.05) is 19.3 Å². The number of carbonyl (C=O) groups excluding carboxylic acids is 2. The number of benzene rings is 1. The molecule has 2 amide bonds. The molecule has 0 atom stereocenters. The Balaban J connectivity index is 1.62. The van der Waals surface area contributed by atoms with Crippen molar-refractivity contribution in [3.8, 4) is 0 Å². The van der Waals surface area contributed by atoms with Crippen molar-refractivity contribution in [3.05, 3.63) is 30.1 Å². The largest absolute Gasteiger partial charge is 0.379 e. The standard InChI is InChI=1S/C22H33FN4O3/c23-18-4-6-19(7-5-18)26(11-8-20(24)28)16-21(29)25-17-22(9-2-1-3-10-22)27-12-14-30-15-13-27/h4-7H,1-3,8-17H2,(H2,24,28)(H,25,29). The van der Waals surface area contributed by atoms with E-state index in [2.05, 4.69) is 10.2 Å². The van der Waals surface area contributed by atoms with Crippen molar-refractivity contribution in [1.82, 2.24) is 10.2 Å². The summed E-state index contributed by atoms with van der Waals surface area (Å²) >= 11 is 0. The molecule has 7 nitrogen and oxygen atoms in total. The van der Waals surface area contributed by atoms with E-state index in [4.69, 9.17) is 10.5 Å². The van der Waals surface area contributed by atoms with E-state index in [0.717, 1.165) is 39.1 Å². The number of nitrogens with one attached hydrogen (secondary N) is 1. The number of primary amides is 1. The normalized spacial score (nSPS) is 19.2. The van der Waals surface area contributed by atoms with Gasteiger partial charge in [0, 0.05) is 43.8 Å². The number of nitrogens with zero attached hydrogens (tertiary/aromatic N) is 2. The van der Waals surface area contributed by atoms with Crippen molar-refractivity contribution in [2.24, 2.45) is 5.73 Å². The fraction of sp³-hybridized carbons (Fsp3) is 0.636. The SMILES string of the molecule is NC(=O)CCN(CC(=O)NCC1(N2CCOCC2)CCCCC1)c1ccc(F)cc1. The van der Waals surface area contributed by atoms with Crippen LogP contribution in [-0.4, -0.2) is 68.2 Å². The van der Waals surface area contributed by atoms with Gasteiger partial charge >= 0.3 is 0 Å². The first-order valence-electron chi connectivity index (χ1n) is 10.9. The van der Waals surface area contributed by atoms with Gasteiger partial charge in [0.15, 0.2) is 0 Å². The molecular weight excluding hydrogens is 387 g/mol. The van der Waals surface area contributed by atoms with E-state index in [9.17, 15) is 14.0 Å². The molecule has 2 fully saturated rings. The first-order valence-corrected chi connectivity index (χ1v) is 10.9. The summed E-state index contributed by atoms with van der Waals surface area (Å²) in [6.45, 7) is 4.29. The molecule has 3 rings (SSSR count). The lowest BCUT2D eigenvalue weighted by atomic mass is 9.79. The van der Waals surface area contributed by atoms with Crippen LogP contribution >= 0.6 is 0 Å². The van der Waals surface area contributed by atoms with Gasteiger partial charge in [0.25, 0.3) is 0 Å². The van der Waals surface area contributed by atoms with Gasteiger partial charge in [0.05, 0.1) is 19.8 Å². The topological polar surface area (TPSA) is 87.9 Å². The van der Waals surface area contributed by atoms with Crippen LogP contribution in [-0.2, 0) is 14.3 Å². The third-order valence-electron chi connectivity index (χ3n) is 6.24. The number of halogens is 1. The van der Waals surface area contributed by atoms with Crippen molar-refractivity contribution in [1.29, 1.82) is 0 Å². The van der Waals surface area contributed by atoms with Crippen LogP contribution < -0.4 is 16.0 Å².